The summed E-state index contributed by atoms with van der Waals surface area (Å²) in [6.07, 6.45) is 0. The zero-order valence-corrected chi connectivity index (χ0v) is 16.4. The maximum absolute atomic E-state index is 11.8. The van der Waals surface area contributed by atoms with Gasteiger partial charge < -0.3 is 20.4 Å². The summed E-state index contributed by atoms with van der Waals surface area (Å²) >= 11 is 11.6. The number of aliphatic hydroxyl groups excluding tert-OH is 2. The van der Waals surface area contributed by atoms with Crippen LogP contribution in [0.5, 0.6) is 0 Å². The number of carboxylic acids is 2. The van der Waals surface area contributed by atoms with Gasteiger partial charge in [-0.2, -0.15) is 0 Å². The molecule has 0 atom stereocenters. The largest absolute Gasteiger partial charge is 0.505 e. The fraction of sp³-hybridized carbons (Fsp3) is 0. The Labute approximate surface area is 179 Å². The summed E-state index contributed by atoms with van der Waals surface area (Å²) in [5.41, 5.74) is -2.52. The van der Waals surface area contributed by atoms with Gasteiger partial charge in [-0.1, -0.05) is 23.2 Å². The number of hydrogen-bond acceptors (Lipinski definition) is 6. The van der Waals surface area contributed by atoms with E-state index in [0.29, 0.717) is 10.0 Å². The SMILES string of the molecule is O=C(O)C1=C(O)C(=Nc2ccc(Cl)cc2)C(C(=O)O)=C(O)C1=Nc1ccc(Cl)cc1. The van der Waals surface area contributed by atoms with Crippen LogP contribution >= 0.6 is 23.2 Å². The number of carboxylic acid groups (broad SMARTS) is 2. The van der Waals surface area contributed by atoms with Crippen LogP contribution in [0.3, 0.4) is 0 Å². The lowest BCUT2D eigenvalue weighted by atomic mass is 9.91. The average Bonchev–Trinajstić information content (AvgIpc) is 2.68. The Bertz CT molecular complexity index is 1070. The Kier molecular flexibility index (Phi) is 5.91. The maximum Gasteiger partial charge on any atom is 0.341 e. The van der Waals surface area contributed by atoms with Gasteiger partial charge in [-0.05, 0) is 48.5 Å². The van der Waals surface area contributed by atoms with Gasteiger partial charge in [0.05, 0.1) is 11.4 Å². The molecule has 1 aliphatic carbocycles. The number of aliphatic imine (C=N–C) groups is 2. The molecule has 30 heavy (non-hydrogen) atoms. The van der Waals surface area contributed by atoms with E-state index in [0.717, 1.165) is 0 Å². The van der Waals surface area contributed by atoms with Crippen LogP contribution in [0.2, 0.25) is 10.0 Å². The third kappa shape index (κ3) is 4.19. The topological polar surface area (TPSA) is 140 Å². The minimum Gasteiger partial charge on any atom is -0.505 e. The highest BCUT2D eigenvalue weighted by Crippen LogP contribution is 2.30. The van der Waals surface area contributed by atoms with E-state index >= 15 is 0 Å². The second-order valence-corrected chi connectivity index (χ2v) is 6.80. The molecule has 8 nitrogen and oxygen atoms in total. The van der Waals surface area contributed by atoms with Crippen molar-refractivity contribution in [3.63, 3.8) is 0 Å². The van der Waals surface area contributed by atoms with Crippen molar-refractivity contribution in [1.82, 2.24) is 0 Å². The highest BCUT2D eigenvalue weighted by atomic mass is 35.5. The summed E-state index contributed by atoms with van der Waals surface area (Å²) in [6, 6.07) is 11.6. The molecule has 0 amide bonds. The number of carbonyl (C=O) groups is 2. The van der Waals surface area contributed by atoms with E-state index < -0.39 is 46.0 Å². The first-order valence-electron chi connectivity index (χ1n) is 8.22. The van der Waals surface area contributed by atoms with Crippen molar-refractivity contribution < 1.29 is 30.0 Å². The molecule has 2 aromatic rings. The van der Waals surface area contributed by atoms with Gasteiger partial charge in [0.1, 0.15) is 22.6 Å². The molecule has 0 fully saturated rings. The van der Waals surface area contributed by atoms with Gasteiger partial charge in [0.25, 0.3) is 0 Å². The van der Waals surface area contributed by atoms with E-state index in [1.807, 2.05) is 0 Å². The van der Waals surface area contributed by atoms with Gasteiger partial charge in [0.15, 0.2) is 11.5 Å². The van der Waals surface area contributed by atoms with Gasteiger partial charge in [-0.3, -0.25) is 0 Å². The number of aliphatic hydroxyl groups is 2. The Morgan fingerprint density at radius 2 is 0.933 bits per heavy atom. The quantitative estimate of drug-likeness (QED) is 0.504. The Hall–Kier alpha value is -3.62. The molecule has 0 unspecified atom stereocenters. The van der Waals surface area contributed by atoms with Crippen LogP contribution < -0.4 is 0 Å². The summed E-state index contributed by atoms with van der Waals surface area (Å²) in [5.74, 6) is -5.19. The van der Waals surface area contributed by atoms with Crippen LogP contribution in [-0.2, 0) is 9.59 Å². The van der Waals surface area contributed by atoms with E-state index in [4.69, 9.17) is 23.2 Å². The molecular formula is C20H12Cl2N2O6. The van der Waals surface area contributed by atoms with Crippen LogP contribution in [0.4, 0.5) is 11.4 Å². The number of rotatable bonds is 4. The number of aliphatic carboxylic acids is 2. The van der Waals surface area contributed by atoms with Gasteiger partial charge in [0, 0.05) is 10.0 Å². The van der Waals surface area contributed by atoms with E-state index in [2.05, 4.69) is 9.98 Å². The number of allylic oxidation sites excluding steroid dienone is 2. The zero-order chi connectivity index (χ0) is 22.0. The van der Waals surface area contributed by atoms with E-state index in [1.165, 1.54) is 48.5 Å². The molecule has 1 aliphatic rings. The number of benzene rings is 2. The molecule has 3 rings (SSSR count). The van der Waals surface area contributed by atoms with E-state index in [1.54, 1.807) is 0 Å². The lowest BCUT2D eigenvalue weighted by Gasteiger charge is -2.19. The third-order valence-electron chi connectivity index (χ3n) is 3.96. The lowest BCUT2D eigenvalue weighted by molar-refractivity contribution is -0.133. The minimum absolute atomic E-state index is 0.176. The first-order valence-corrected chi connectivity index (χ1v) is 8.97. The van der Waals surface area contributed by atoms with Crippen LogP contribution in [-0.4, -0.2) is 43.8 Å². The summed E-state index contributed by atoms with van der Waals surface area (Å²) in [7, 11) is 0. The van der Waals surface area contributed by atoms with Crippen molar-refractivity contribution in [2.24, 2.45) is 9.98 Å². The molecule has 0 radical (unpaired) electrons. The Morgan fingerprint density at radius 1 is 0.633 bits per heavy atom. The van der Waals surface area contributed by atoms with Crippen molar-refractivity contribution in [1.29, 1.82) is 0 Å². The fourth-order valence-electron chi connectivity index (χ4n) is 2.61. The molecule has 0 saturated heterocycles. The highest BCUT2D eigenvalue weighted by Gasteiger charge is 2.38. The molecular weight excluding hydrogens is 435 g/mol. The van der Waals surface area contributed by atoms with E-state index in [-0.39, 0.29) is 11.4 Å². The first-order chi connectivity index (χ1) is 14.2. The maximum atomic E-state index is 11.8. The highest BCUT2D eigenvalue weighted by molar-refractivity contribution is 6.41. The zero-order valence-electron chi connectivity index (χ0n) is 14.9. The fourth-order valence-corrected chi connectivity index (χ4v) is 2.86. The second-order valence-electron chi connectivity index (χ2n) is 5.93. The molecule has 0 heterocycles. The van der Waals surface area contributed by atoms with Crippen molar-refractivity contribution in [2.75, 3.05) is 0 Å². The van der Waals surface area contributed by atoms with Gasteiger partial charge in [0.2, 0.25) is 0 Å². The summed E-state index contributed by atoms with van der Waals surface area (Å²) in [5, 5.41) is 41.1. The predicted molar refractivity (Wildman–Crippen MR) is 112 cm³/mol. The van der Waals surface area contributed by atoms with Crippen molar-refractivity contribution in [3.8, 4) is 0 Å². The Morgan fingerprint density at radius 3 is 1.20 bits per heavy atom. The normalized spacial score (nSPS) is 17.0. The standard InChI is InChI=1S/C20H12Cl2N2O6/c21-9-1-5-11(6-2-9)23-15-13(19(27)28)18(26)16(14(17(15)25)20(29)30)24-12-7-3-10(22)4-8-12/h1-8,25-26H,(H,27,28)(H,29,30). The van der Waals surface area contributed by atoms with E-state index in [9.17, 15) is 30.0 Å². The van der Waals surface area contributed by atoms with Crippen LogP contribution in [0.15, 0.2) is 81.2 Å². The molecule has 0 aromatic heterocycles. The summed E-state index contributed by atoms with van der Waals surface area (Å²) in [6.45, 7) is 0. The van der Waals surface area contributed by atoms with Crippen LogP contribution in [0.1, 0.15) is 0 Å². The summed E-state index contributed by atoms with van der Waals surface area (Å²) < 4.78 is 0. The number of hydrogen-bond donors (Lipinski definition) is 4. The molecule has 0 aliphatic heterocycles. The average molecular weight is 447 g/mol. The number of nitrogens with zero attached hydrogens (tertiary/aromatic N) is 2. The second kappa shape index (κ2) is 8.40. The molecule has 0 saturated carbocycles. The van der Waals surface area contributed by atoms with Gasteiger partial charge >= 0.3 is 11.9 Å². The Balaban J connectivity index is 2.27. The first kappa shape index (κ1) is 21.1. The lowest BCUT2D eigenvalue weighted by Crippen LogP contribution is -2.31. The molecule has 0 spiro atoms. The molecule has 2 aromatic carbocycles. The molecule has 10 heteroatoms. The van der Waals surface area contributed by atoms with Crippen LogP contribution in [0.25, 0.3) is 0 Å². The minimum atomic E-state index is -1.64. The van der Waals surface area contributed by atoms with Crippen molar-refractivity contribution in [2.45, 2.75) is 0 Å². The smallest absolute Gasteiger partial charge is 0.341 e. The monoisotopic (exact) mass is 446 g/mol. The van der Waals surface area contributed by atoms with Crippen LogP contribution in [0, 0.1) is 0 Å². The van der Waals surface area contributed by atoms with Crippen molar-refractivity contribution >= 4 is 57.9 Å². The van der Waals surface area contributed by atoms with Gasteiger partial charge in [-0.15, -0.1) is 0 Å². The molecule has 4 N–H and O–H groups in total. The van der Waals surface area contributed by atoms with Crippen molar-refractivity contribution in [3.05, 3.63) is 81.2 Å². The molecule has 152 valence electrons. The van der Waals surface area contributed by atoms with Gasteiger partial charge in [-0.25, -0.2) is 19.6 Å². The summed E-state index contributed by atoms with van der Waals surface area (Å²) in [4.78, 5) is 31.6. The third-order valence-corrected chi connectivity index (χ3v) is 4.46. The predicted octanol–water partition coefficient (Wildman–Crippen LogP) is 4.65. The molecule has 0 bridgehead atoms. The number of halogens is 2.